The van der Waals surface area contributed by atoms with E-state index in [1.807, 2.05) is 39.0 Å². The van der Waals surface area contributed by atoms with E-state index in [0.29, 0.717) is 43.6 Å². The number of hydrogen-bond acceptors (Lipinski definition) is 8. The number of allylic oxidation sites excluding steroid dienone is 1. The first-order valence-corrected chi connectivity index (χ1v) is 14.7. The van der Waals surface area contributed by atoms with Gasteiger partial charge in [0.05, 0.1) is 10.4 Å². The van der Waals surface area contributed by atoms with Gasteiger partial charge in [-0.15, -0.1) is 0 Å². The zero-order chi connectivity index (χ0) is 29.9. The van der Waals surface area contributed by atoms with Crippen molar-refractivity contribution in [3.8, 4) is 6.07 Å². The topological polar surface area (TPSA) is 116 Å². The predicted molar refractivity (Wildman–Crippen MR) is 156 cm³/mol. The maximum absolute atomic E-state index is 13.8. The van der Waals surface area contributed by atoms with Crippen LogP contribution in [0.15, 0.2) is 71.3 Å². The SMILES string of the molecule is CN(C)C=C(C#N)C(=O)c1cc2cc(CN3CCN(C(=O)OC(C)(C)C)CC3)ccc2n1S(=O)(=O)c1ccccc1. The smallest absolute Gasteiger partial charge is 0.410 e. The van der Waals surface area contributed by atoms with Gasteiger partial charge in [0, 0.05) is 58.4 Å². The van der Waals surface area contributed by atoms with Gasteiger partial charge in [-0.25, -0.2) is 17.2 Å². The van der Waals surface area contributed by atoms with E-state index < -0.39 is 21.4 Å². The van der Waals surface area contributed by atoms with Gasteiger partial charge in [-0.2, -0.15) is 5.26 Å². The summed E-state index contributed by atoms with van der Waals surface area (Å²) in [5.74, 6) is -0.684. The van der Waals surface area contributed by atoms with Crippen LogP contribution >= 0.6 is 0 Å². The van der Waals surface area contributed by atoms with Crippen LogP contribution in [0.1, 0.15) is 36.8 Å². The monoisotopic (exact) mass is 577 g/mol. The van der Waals surface area contributed by atoms with Crippen molar-refractivity contribution >= 4 is 32.8 Å². The van der Waals surface area contributed by atoms with E-state index in [1.54, 1.807) is 48.2 Å². The van der Waals surface area contributed by atoms with E-state index in [1.165, 1.54) is 24.4 Å². The molecule has 11 heteroatoms. The third-order valence-corrected chi connectivity index (χ3v) is 8.26. The minimum Gasteiger partial charge on any atom is -0.444 e. The molecule has 1 aliphatic heterocycles. The fourth-order valence-electron chi connectivity index (χ4n) is 4.66. The molecule has 2 aromatic carbocycles. The number of fused-ring (bicyclic) bond motifs is 1. The van der Waals surface area contributed by atoms with E-state index in [0.717, 1.165) is 9.54 Å². The number of Topliss-reactive ketones (excluding diaryl/α,β-unsaturated/α-hetero) is 1. The normalized spacial score (nSPS) is 15.0. The van der Waals surface area contributed by atoms with Gasteiger partial charge in [0.15, 0.2) is 0 Å². The number of rotatable bonds is 7. The van der Waals surface area contributed by atoms with Gasteiger partial charge >= 0.3 is 6.09 Å². The van der Waals surface area contributed by atoms with Gasteiger partial charge in [0.1, 0.15) is 22.9 Å². The number of benzene rings is 2. The van der Waals surface area contributed by atoms with Gasteiger partial charge < -0.3 is 14.5 Å². The summed E-state index contributed by atoms with van der Waals surface area (Å²) in [7, 11) is -0.788. The van der Waals surface area contributed by atoms with Crippen molar-refractivity contribution < 1.29 is 22.7 Å². The number of piperazine rings is 1. The van der Waals surface area contributed by atoms with Gasteiger partial charge in [-0.1, -0.05) is 24.3 Å². The molecule has 0 atom stereocenters. The Morgan fingerprint density at radius 3 is 2.27 bits per heavy atom. The van der Waals surface area contributed by atoms with Crippen molar-refractivity contribution in [2.45, 2.75) is 37.8 Å². The van der Waals surface area contributed by atoms with E-state index in [9.17, 15) is 23.3 Å². The predicted octanol–water partition coefficient (Wildman–Crippen LogP) is 4.08. The van der Waals surface area contributed by atoms with Crippen LogP contribution in [0.3, 0.4) is 0 Å². The fraction of sp³-hybridized carbons (Fsp3) is 0.367. The van der Waals surface area contributed by atoms with Crippen molar-refractivity contribution in [2.24, 2.45) is 0 Å². The molecule has 1 aromatic heterocycles. The highest BCUT2D eigenvalue weighted by Gasteiger charge is 2.29. The van der Waals surface area contributed by atoms with Gasteiger partial charge in [0.2, 0.25) is 5.78 Å². The summed E-state index contributed by atoms with van der Waals surface area (Å²) in [6.45, 7) is 8.50. The summed E-state index contributed by atoms with van der Waals surface area (Å²) in [6.07, 6.45) is 1.05. The van der Waals surface area contributed by atoms with Crippen molar-refractivity contribution in [3.63, 3.8) is 0 Å². The summed E-state index contributed by atoms with van der Waals surface area (Å²) < 4.78 is 34.1. The highest BCUT2D eigenvalue weighted by molar-refractivity contribution is 7.90. The number of carbonyl (C=O) groups excluding carboxylic acids is 2. The van der Waals surface area contributed by atoms with E-state index in [-0.39, 0.29) is 22.3 Å². The second-order valence-corrected chi connectivity index (χ2v) is 13.0. The van der Waals surface area contributed by atoms with Crippen LogP contribution < -0.4 is 0 Å². The number of nitriles is 1. The third kappa shape index (κ3) is 6.78. The first kappa shape index (κ1) is 29.8. The zero-order valence-electron chi connectivity index (χ0n) is 24.0. The Kier molecular flexibility index (Phi) is 8.56. The Hall–Kier alpha value is -4.14. The molecule has 0 saturated carbocycles. The average Bonchev–Trinajstić information content (AvgIpc) is 3.31. The maximum Gasteiger partial charge on any atom is 0.410 e. The van der Waals surface area contributed by atoms with Crippen LogP contribution in [0.5, 0.6) is 0 Å². The number of hydrogen-bond donors (Lipinski definition) is 0. The van der Waals surface area contributed by atoms with E-state index in [4.69, 9.17) is 4.74 Å². The lowest BCUT2D eigenvalue weighted by Crippen LogP contribution is -2.49. The molecule has 1 fully saturated rings. The molecule has 3 aromatic rings. The van der Waals surface area contributed by atoms with Crippen LogP contribution in [-0.4, -0.2) is 84.8 Å². The molecular weight excluding hydrogens is 542 g/mol. The van der Waals surface area contributed by atoms with Gasteiger partial charge in [0.25, 0.3) is 10.0 Å². The molecule has 0 spiro atoms. The third-order valence-electron chi connectivity index (χ3n) is 6.52. The van der Waals surface area contributed by atoms with Gasteiger partial charge in [-0.3, -0.25) is 9.69 Å². The molecule has 10 nitrogen and oxygen atoms in total. The lowest BCUT2D eigenvalue weighted by molar-refractivity contribution is 0.0139. The lowest BCUT2D eigenvalue weighted by atomic mass is 10.1. The molecule has 0 bridgehead atoms. The van der Waals surface area contributed by atoms with Crippen LogP contribution in [-0.2, 0) is 21.3 Å². The maximum atomic E-state index is 13.8. The molecule has 0 radical (unpaired) electrons. The van der Waals surface area contributed by atoms with E-state index in [2.05, 4.69) is 4.90 Å². The van der Waals surface area contributed by atoms with Crippen molar-refractivity contribution in [2.75, 3.05) is 40.3 Å². The second-order valence-electron chi connectivity index (χ2n) is 11.2. The van der Waals surface area contributed by atoms with Crippen LogP contribution in [0.4, 0.5) is 4.79 Å². The molecule has 4 rings (SSSR count). The standard InChI is InChI=1S/C30H35N5O5S/c1-30(2,3)40-29(37)34-15-13-33(14-16-34)20-22-11-12-26-23(17-22)18-27(28(36)24(19-31)21-32(4)5)35(26)41(38,39)25-9-7-6-8-10-25/h6-12,17-18,21H,13-16,20H2,1-5H3. The molecule has 0 N–H and O–H groups in total. The zero-order valence-corrected chi connectivity index (χ0v) is 24.8. The average molecular weight is 578 g/mol. The molecule has 1 amide bonds. The summed E-state index contributed by atoms with van der Waals surface area (Å²) in [4.78, 5) is 31.4. The highest BCUT2D eigenvalue weighted by atomic mass is 32.2. The number of carbonyl (C=O) groups is 2. The van der Waals surface area contributed by atoms with Crippen LogP contribution in [0.25, 0.3) is 10.9 Å². The Morgan fingerprint density at radius 1 is 1.02 bits per heavy atom. The second kappa shape index (κ2) is 11.8. The highest BCUT2D eigenvalue weighted by Crippen LogP contribution is 2.29. The van der Waals surface area contributed by atoms with Gasteiger partial charge in [-0.05, 0) is 56.7 Å². The number of amides is 1. The number of ether oxygens (including phenoxy) is 1. The molecule has 216 valence electrons. The summed E-state index contributed by atoms with van der Waals surface area (Å²) in [5, 5.41) is 10.2. The fourth-order valence-corrected chi connectivity index (χ4v) is 6.19. The van der Waals surface area contributed by atoms with Crippen molar-refractivity contribution in [1.82, 2.24) is 18.7 Å². The van der Waals surface area contributed by atoms with Crippen molar-refractivity contribution in [1.29, 1.82) is 5.26 Å². The number of ketones is 1. The van der Waals surface area contributed by atoms with Crippen LogP contribution in [0, 0.1) is 11.3 Å². The van der Waals surface area contributed by atoms with Crippen molar-refractivity contribution in [3.05, 3.63) is 77.6 Å². The Bertz CT molecular complexity index is 1620. The minimum absolute atomic E-state index is 0.0357. The quantitative estimate of drug-likeness (QED) is 0.234. The van der Waals surface area contributed by atoms with E-state index >= 15 is 0 Å². The summed E-state index contributed by atoms with van der Waals surface area (Å²) in [5.41, 5.74) is 0.440. The Balaban J connectivity index is 1.66. The molecular formula is C30H35N5O5S. The summed E-state index contributed by atoms with van der Waals surface area (Å²) >= 11 is 0. The summed E-state index contributed by atoms with van der Waals surface area (Å²) in [6, 6.07) is 16.7. The number of aromatic nitrogens is 1. The first-order chi connectivity index (χ1) is 19.3. The van der Waals surface area contributed by atoms with Crippen LogP contribution in [0.2, 0.25) is 0 Å². The molecule has 2 heterocycles. The molecule has 1 saturated heterocycles. The molecule has 1 aliphatic rings. The largest absolute Gasteiger partial charge is 0.444 e. The Morgan fingerprint density at radius 2 is 1.68 bits per heavy atom. The molecule has 41 heavy (non-hydrogen) atoms. The molecule has 0 unspecified atom stereocenters. The minimum atomic E-state index is -4.15. The number of nitrogens with zero attached hydrogens (tertiary/aromatic N) is 5. The first-order valence-electron chi connectivity index (χ1n) is 13.3. The molecule has 0 aliphatic carbocycles. The Labute approximate surface area is 241 Å². The lowest BCUT2D eigenvalue weighted by Gasteiger charge is -2.35.